The van der Waals surface area contributed by atoms with E-state index in [0.717, 1.165) is 36.7 Å². The maximum Gasteiger partial charge on any atom is 0.250 e. The number of amides is 1. The van der Waals surface area contributed by atoms with E-state index in [1.807, 2.05) is 23.1 Å². The normalized spacial score (nSPS) is 14.8. The molecule has 1 saturated heterocycles. The van der Waals surface area contributed by atoms with Gasteiger partial charge >= 0.3 is 0 Å². The van der Waals surface area contributed by atoms with Gasteiger partial charge in [-0.05, 0) is 24.3 Å². The molecule has 1 N–H and O–H groups in total. The summed E-state index contributed by atoms with van der Waals surface area (Å²) in [6.07, 6.45) is 1.65. The zero-order valence-corrected chi connectivity index (χ0v) is 15.8. The van der Waals surface area contributed by atoms with Crippen LogP contribution in [0.5, 0.6) is 11.5 Å². The van der Waals surface area contributed by atoms with Gasteiger partial charge < -0.3 is 23.8 Å². The Bertz CT molecular complexity index is 841. The monoisotopic (exact) mass is 372 g/mol. The Morgan fingerprint density at radius 3 is 2.56 bits per heavy atom. The predicted octanol–water partition coefficient (Wildman–Crippen LogP) is -0.207. The average molecular weight is 372 g/mol. The molecule has 144 valence electrons. The predicted molar refractivity (Wildman–Crippen MR) is 101 cm³/mol. The molecule has 7 nitrogen and oxygen atoms in total. The van der Waals surface area contributed by atoms with E-state index in [4.69, 9.17) is 9.47 Å². The summed E-state index contributed by atoms with van der Waals surface area (Å²) in [5.41, 5.74) is 0.947. The van der Waals surface area contributed by atoms with Gasteiger partial charge in [-0.3, -0.25) is 9.59 Å². The summed E-state index contributed by atoms with van der Waals surface area (Å²) in [6, 6.07) is 10.7. The Hall–Kier alpha value is -2.80. The maximum absolute atomic E-state index is 12.5. The molecule has 1 aliphatic rings. The van der Waals surface area contributed by atoms with Gasteiger partial charge in [0.15, 0.2) is 0 Å². The number of nitrogens with zero attached hydrogens (tertiary/aromatic N) is 2. The Balaban J connectivity index is 1.57. The van der Waals surface area contributed by atoms with Crippen LogP contribution < -0.4 is 19.9 Å². The van der Waals surface area contributed by atoms with Crippen molar-refractivity contribution < 1.29 is 19.2 Å². The molecule has 2 heterocycles. The first-order valence-corrected chi connectivity index (χ1v) is 9.08. The van der Waals surface area contributed by atoms with Crippen molar-refractivity contribution in [2.75, 3.05) is 40.4 Å². The van der Waals surface area contributed by atoms with Gasteiger partial charge in [0.05, 0.1) is 46.0 Å². The Morgan fingerprint density at radius 2 is 1.89 bits per heavy atom. The third kappa shape index (κ3) is 4.68. The highest BCUT2D eigenvalue weighted by atomic mass is 16.5. The molecule has 1 aromatic carbocycles. The van der Waals surface area contributed by atoms with Gasteiger partial charge in [-0.15, -0.1) is 0 Å². The van der Waals surface area contributed by atoms with E-state index >= 15 is 0 Å². The molecule has 1 amide bonds. The topological polar surface area (TPSA) is 65.2 Å². The molecule has 1 aliphatic heterocycles. The van der Waals surface area contributed by atoms with Gasteiger partial charge in [0.1, 0.15) is 24.6 Å². The van der Waals surface area contributed by atoms with Crippen LogP contribution in [0, 0.1) is 0 Å². The molecular weight excluding hydrogens is 346 g/mol. The fourth-order valence-electron chi connectivity index (χ4n) is 3.38. The molecule has 0 bridgehead atoms. The molecule has 0 unspecified atom stereocenters. The summed E-state index contributed by atoms with van der Waals surface area (Å²) in [5, 5.41) is 0. The van der Waals surface area contributed by atoms with Crippen molar-refractivity contribution in [2.24, 2.45) is 0 Å². The van der Waals surface area contributed by atoms with Crippen molar-refractivity contribution in [3.05, 3.63) is 58.5 Å². The number of benzene rings is 1. The lowest BCUT2D eigenvalue weighted by Crippen LogP contribution is -3.13. The van der Waals surface area contributed by atoms with E-state index in [9.17, 15) is 9.59 Å². The first kappa shape index (κ1) is 19.0. The van der Waals surface area contributed by atoms with Gasteiger partial charge in [-0.1, -0.05) is 6.07 Å². The number of aromatic nitrogens is 1. The number of quaternary nitrogens is 1. The minimum atomic E-state index is -0.153. The Morgan fingerprint density at radius 1 is 1.11 bits per heavy atom. The summed E-state index contributed by atoms with van der Waals surface area (Å²) in [7, 11) is 3.32. The number of carbonyl (C=O) groups is 1. The quantitative estimate of drug-likeness (QED) is 0.762. The number of piperazine rings is 1. The molecule has 27 heavy (non-hydrogen) atoms. The Kier molecular flexibility index (Phi) is 6.13. The van der Waals surface area contributed by atoms with Crippen LogP contribution >= 0.6 is 0 Å². The first-order valence-electron chi connectivity index (χ1n) is 9.08. The van der Waals surface area contributed by atoms with E-state index < -0.39 is 0 Å². The zero-order valence-electron chi connectivity index (χ0n) is 15.8. The summed E-state index contributed by atoms with van der Waals surface area (Å²) >= 11 is 0. The van der Waals surface area contributed by atoms with E-state index in [0.29, 0.717) is 13.1 Å². The third-order valence-electron chi connectivity index (χ3n) is 4.96. The van der Waals surface area contributed by atoms with Gasteiger partial charge in [0.2, 0.25) is 5.91 Å². The molecule has 0 aliphatic carbocycles. The molecular formula is C20H26N3O4+. The van der Waals surface area contributed by atoms with Crippen LogP contribution in [0.4, 0.5) is 0 Å². The van der Waals surface area contributed by atoms with E-state index in [1.165, 1.54) is 15.5 Å². The molecule has 1 fully saturated rings. The summed E-state index contributed by atoms with van der Waals surface area (Å²) in [4.78, 5) is 27.5. The van der Waals surface area contributed by atoms with Crippen LogP contribution in [0.15, 0.2) is 47.4 Å². The second-order valence-corrected chi connectivity index (χ2v) is 6.65. The van der Waals surface area contributed by atoms with Gasteiger partial charge in [0, 0.05) is 12.3 Å². The molecule has 3 rings (SSSR count). The van der Waals surface area contributed by atoms with Crippen LogP contribution in [0.25, 0.3) is 0 Å². The van der Waals surface area contributed by atoms with Crippen LogP contribution in [0.2, 0.25) is 0 Å². The van der Waals surface area contributed by atoms with Crippen molar-refractivity contribution in [1.29, 1.82) is 0 Å². The largest absolute Gasteiger partial charge is 0.497 e. The molecule has 0 atom stereocenters. The molecule has 0 spiro atoms. The number of methoxy groups -OCH3 is 2. The standard InChI is InChI=1S/C20H25N3O4/c1-26-17-6-7-18(27-2)16(13-17)14-21-9-11-22(12-10-21)20(25)15-23-8-4-3-5-19(23)24/h3-8,13H,9-12,14-15H2,1-2H3/p+1. The van der Waals surface area contributed by atoms with Crippen LogP contribution in [0.1, 0.15) is 5.56 Å². The Labute approximate surface area is 158 Å². The summed E-state index contributed by atoms with van der Waals surface area (Å²) < 4.78 is 12.2. The minimum Gasteiger partial charge on any atom is -0.497 e. The van der Waals surface area contributed by atoms with E-state index in [2.05, 4.69) is 0 Å². The fourth-order valence-corrected chi connectivity index (χ4v) is 3.38. The van der Waals surface area contributed by atoms with Crippen LogP contribution in [-0.4, -0.2) is 55.8 Å². The van der Waals surface area contributed by atoms with E-state index in [-0.39, 0.29) is 18.0 Å². The van der Waals surface area contributed by atoms with Gasteiger partial charge in [-0.25, -0.2) is 0 Å². The van der Waals surface area contributed by atoms with Crippen LogP contribution in [0.3, 0.4) is 0 Å². The SMILES string of the molecule is COc1ccc(OC)c(C[NH+]2CCN(C(=O)Cn3ccccc3=O)CC2)c1. The van der Waals surface area contributed by atoms with Crippen molar-refractivity contribution >= 4 is 5.91 Å². The van der Waals surface area contributed by atoms with E-state index in [1.54, 1.807) is 32.5 Å². The van der Waals surface area contributed by atoms with Crippen molar-refractivity contribution in [1.82, 2.24) is 9.47 Å². The lowest BCUT2D eigenvalue weighted by Gasteiger charge is -2.32. The number of nitrogens with one attached hydrogen (secondary N) is 1. The number of hydrogen-bond donors (Lipinski definition) is 1. The highest BCUT2D eigenvalue weighted by Crippen LogP contribution is 2.23. The second-order valence-electron chi connectivity index (χ2n) is 6.65. The zero-order chi connectivity index (χ0) is 19.2. The summed E-state index contributed by atoms with van der Waals surface area (Å²) in [5.74, 6) is 1.65. The van der Waals surface area contributed by atoms with Crippen molar-refractivity contribution in [2.45, 2.75) is 13.1 Å². The highest BCUT2D eigenvalue weighted by Gasteiger charge is 2.25. The lowest BCUT2D eigenvalue weighted by molar-refractivity contribution is -0.917. The second kappa shape index (κ2) is 8.73. The minimum absolute atomic E-state index is 0.0127. The highest BCUT2D eigenvalue weighted by molar-refractivity contribution is 5.76. The molecule has 7 heteroatoms. The number of rotatable bonds is 6. The number of pyridine rings is 1. The third-order valence-corrected chi connectivity index (χ3v) is 4.96. The lowest BCUT2D eigenvalue weighted by atomic mass is 10.1. The average Bonchev–Trinajstić information content (AvgIpc) is 2.70. The van der Waals surface area contributed by atoms with Crippen molar-refractivity contribution in [3.8, 4) is 11.5 Å². The summed E-state index contributed by atoms with van der Waals surface area (Å²) in [6.45, 7) is 3.99. The molecule has 1 aromatic heterocycles. The maximum atomic E-state index is 12.5. The van der Waals surface area contributed by atoms with Crippen LogP contribution in [-0.2, 0) is 17.9 Å². The first-order chi connectivity index (χ1) is 13.1. The van der Waals surface area contributed by atoms with Gasteiger partial charge in [0.25, 0.3) is 5.56 Å². The fraction of sp³-hybridized carbons (Fsp3) is 0.400. The van der Waals surface area contributed by atoms with Gasteiger partial charge in [-0.2, -0.15) is 0 Å². The van der Waals surface area contributed by atoms with Crippen molar-refractivity contribution in [3.63, 3.8) is 0 Å². The molecule has 0 radical (unpaired) electrons. The molecule has 0 saturated carbocycles. The smallest absolute Gasteiger partial charge is 0.250 e. The number of carbonyl (C=O) groups excluding carboxylic acids is 1. The number of ether oxygens (including phenoxy) is 2. The molecule has 2 aromatic rings. The number of hydrogen-bond acceptors (Lipinski definition) is 4.